The second-order valence-corrected chi connectivity index (χ2v) is 2.44. The highest BCUT2D eigenvalue weighted by molar-refractivity contribution is 7.80. The van der Waals surface area contributed by atoms with Crippen molar-refractivity contribution in [3.05, 3.63) is 12.2 Å². The number of hydrogen-bond acceptors (Lipinski definition) is 1. The average Bonchev–Trinajstić information content (AvgIpc) is 1.63. The Kier molecular flexibility index (Phi) is 4.05. The molecule has 0 spiro atoms. The van der Waals surface area contributed by atoms with Crippen molar-refractivity contribution < 1.29 is 0 Å². The molecule has 0 aliphatic rings. The van der Waals surface area contributed by atoms with Crippen molar-refractivity contribution in [1.82, 2.24) is 5.32 Å². The van der Waals surface area contributed by atoms with Crippen molar-refractivity contribution in [2.45, 2.75) is 13.3 Å². The smallest absolute Gasteiger partial charge is 0.163 e. The van der Waals surface area contributed by atoms with Crippen LogP contribution in [-0.4, -0.2) is 11.7 Å². The summed E-state index contributed by atoms with van der Waals surface area (Å²) in [5.74, 6) is 0. The van der Waals surface area contributed by atoms with Crippen LogP contribution in [0.4, 0.5) is 0 Å². The third kappa shape index (κ3) is 7.43. The zero-order valence-corrected chi connectivity index (χ0v) is 6.42. The summed E-state index contributed by atoms with van der Waals surface area (Å²) in [7, 11) is 0. The Hall–Kier alpha value is -0.570. The SMILES string of the molecule is C=C(C)CCNC(N)=S. The molecule has 0 radical (unpaired) electrons. The van der Waals surface area contributed by atoms with E-state index < -0.39 is 0 Å². The molecule has 3 heteroatoms. The molecular formula is C6H12N2S. The van der Waals surface area contributed by atoms with Gasteiger partial charge in [0.25, 0.3) is 0 Å². The topological polar surface area (TPSA) is 38.0 Å². The monoisotopic (exact) mass is 144 g/mol. The Morgan fingerprint density at radius 3 is 2.67 bits per heavy atom. The van der Waals surface area contributed by atoms with Gasteiger partial charge in [-0.25, -0.2) is 0 Å². The van der Waals surface area contributed by atoms with E-state index in [1.807, 2.05) is 6.92 Å². The van der Waals surface area contributed by atoms with Crippen LogP contribution in [0, 0.1) is 0 Å². The lowest BCUT2D eigenvalue weighted by Crippen LogP contribution is -2.29. The fraction of sp³-hybridized carbons (Fsp3) is 0.500. The van der Waals surface area contributed by atoms with Gasteiger partial charge in [0.2, 0.25) is 0 Å². The first-order valence-corrected chi connectivity index (χ1v) is 3.21. The quantitative estimate of drug-likeness (QED) is 0.454. The molecule has 0 saturated carbocycles. The molecule has 0 heterocycles. The minimum atomic E-state index is 0.358. The standard InChI is InChI=1S/C6H12N2S/c1-5(2)3-4-8-6(7)9/h1,3-4H2,2H3,(H3,7,8,9). The summed E-state index contributed by atoms with van der Waals surface area (Å²) < 4.78 is 0. The lowest BCUT2D eigenvalue weighted by atomic mass is 10.2. The van der Waals surface area contributed by atoms with Crippen molar-refractivity contribution in [2.75, 3.05) is 6.54 Å². The molecule has 0 aliphatic heterocycles. The van der Waals surface area contributed by atoms with Crippen molar-refractivity contribution in [3.8, 4) is 0 Å². The molecule has 0 bridgehead atoms. The predicted molar refractivity (Wildman–Crippen MR) is 44.2 cm³/mol. The molecule has 2 nitrogen and oxygen atoms in total. The molecule has 52 valence electrons. The van der Waals surface area contributed by atoms with Crippen LogP contribution in [-0.2, 0) is 0 Å². The van der Waals surface area contributed by atoms with E-state index in [1.54, 1.807) is 0 Å². The van der Waals surface area contributed by atoms with Crippen LogP contribution in [0.1, 0.15) is 13.3 Å². The van der Waals surface area contributed by atoms with E-state index in [1.165, 1.54) is 0 Å². The minimum absolute atomic E-state index is 0.358. The van der Waals surface area contributed by atoms with Crippen molar-refractivity contribution >= 4 is 17.3 Å². The zero-order chi connectivity index (χ0) is 7.28. The van der Waals surface area contributed by atoms with Crippen LogP contribution in [0.25, 0.3) is 0 Å². The maximum Gasteiger partial charge on any atom is 0.163 e. The first-order chi connectivity index (χ1) is 4.13. The van der Waals surface area contributed by atoms with Gasteiger partial charge in [0.05, 0.1) is 0 Å². The molecule has 0 saturated heterocycles. The van der Waals surface area contributed by atoms with E-state index in [0.717, 1.165) is 18.5 Å². The molecule has 0 aromatic carbocycles. The summed E-state index contributed by atoms with van der Waals surface area (Å²) in [4.78, 5) is 0. The van der Waals surface area contributed by atoms with E-state index in [9.17, 15) is 0 Å². The zero-order valence-electron chi connectivity index (χ0n) is 5.61. The number of hydrogen-bond donors (Lipinski definition) is 2. The van der Waals surface area contributed by atoms with Crippen molar-refractivity contribution in [2.24, 2.45) is 5.73 Å². The van der Waals surface area contributed by atoms with Gasteiger partial charge < -0.3 is 11.1 Å². The highest BCUT2D eigenvalue weighted by Gasteiger charge is 1.86. The van der Waals surface area contributed by atoms with Crippen LogP contribution in [0.2, 0.25) is 0 Å². The van der Waals surface area contributed by atoms with Gasteiger partial charge in [0.1, 0.15) is 0 Å². The van der Waals surface area contributed by atoms with Gasteiger partial charge in [-0.15, -0.1) is 6.58 Å². The highest BCUT2D eigenvalue weighted by Crippen LogP contribution is 1.90. The van der Waals surface area contributed by atoms with E-state index >= 15 is 0 Å². The lowest BCUT2D eigenvalue weighted by molar-refractivity contribution is 0.862. The number of thiocarbonyl (C=S) groups is 1. The van der Waals surface area contributed by atoms with Crippen LogP contribution in [0.15, 0.2) is 12.2 Å². The second kappa shape index (κ2) is 4.32. The molecule has 0 aromatic rings. The van der Waals surface area contributed by atoms with Crippen molar-refractivity contribution in [1.29, 1.82) is 0 Å². The number of rotatable bonds is 3. The molecule has 0 aliphatic carbocycles. The fourth-order valence-electron chi connectivity index (χ4n) is 0.399. The Balaban J connectivity index is 3.10. The maximum atomic E-state index is 5.17. The minimum Gasteiger partial charge on any atom is -0.376 e. The van der Waals surface area contributed by atoms with Crippen LogP contribution >= 0.6 is 12.2 Å². The van der Waals surface area contributed by atoms with E-state index in [-0.39, 0.29) is 0 Å². The van der Waals surface area contributed by atoms with Gasteiger partial charge in [-0.2, -0.15) is 0 Å². The number of nitrogens with two attached hydrogens (primary N) is 1. The Bertz CT molecular complexity index is 106. The lowest BCUT2D eigenvalue weighted by Gasteiger charge is -2.01. The van der Waals surface area contributed by atoms with Gasteiger partial charge in [-0.1, -0.05) is 5.57 Å². The average molecular weight is 144 g/mol. The first-order valence-electron chi connectivity index (χ1n) is 2.80. The third-order valence-electron chi connectivity index (χ3n) is 0.851. The molecule has 0 amide bonds. The largest absolute Gasteiger partial charge is 0.376 e. The molecule has 0 fully saturated rings. The summed E-state index contributed by atoms with van der Waals surface area (Å²) in [6.45, 7) is 6.50. The molecule has 0 aromatic heterocycles. The molecular weight excluding hydrogens is 132 g/mol. The summed E-state index contributed by atoms with van der Waals surface area (Å²) in [6.07, 6.45) is 0.928. The molecule has 0 atom stereocenters. The van der Waals surface area contributed by atoms with Gasteiger partial charge >= 0.3 is 0 Å². The predicted octanol–water partition coefficient (Wildman–Crippen LogP) is 0.786. The van der Waals surface area contributed by atoms with Gasteiger partial charge in [0, 0.05) is 6.54 Å². The summed E-state index contributed by atoms with van der Waals surface area (Å²) >= 11 is 4.58. The van der Waals surface area contributed by atoms with Crippen LogP contribution < -0.4 is 11.1 Å². The van der Waals surface area contributed by atoms with E-state index in [4.69, 9.17) is 5.73 Å². The maximum absolute atomic E-state index is 5.17. The number of nitrogens with one attached hydrogen (secondary N) is 1. The molecule has 9 heavy (non-hydrogen) atoms. The summed E-state index contributed by atoms with van der Waals surface area (Å²) in [5.41, 5.74) is 6.31. The Labute approximate surface area is 61.1 Å². The van der Waals surface area contributed by atoms with E-state index in [2.05, 4.69) is 24.1 Å². The molecule has 3 N–H and O–H groups in total. The van der Waals surface area contributed by atoms with Crippen molar-refractivity contribution in [3.63, 3.8) is 0 Å². The Morgan fingerprint density at radius 1 is 1.78 bits per heavy atom. The normalized spacial score (nSPS) is 8.56. The molecule has 0 unspecified atom stereocenters. The van der Waals surface area contributed by atoms with Gasteiger partial charge in [0.15, 0.2) is 5.11 Å². The summed E-state index contributed by atoms with van der Waals surface area (Å²) in [6, 6.07) is 0. The Morgan fingerprint density at radius 2 is 2.33 bits per heavy atom. The van der Waals surface area contributed by atoms with Gasteiger partial charge in [-0.3, -0.25) is 0 Å². The summed E-state index contributed by atoms with van der Waals surface area (Å²) in [5, 5.41) is 3.18. The van der Waals surface area contributed by atoms with Gasteiger partial charge in [-0.05, 0) is 25.6 Å². The highest BCUT2D eigenvalue weighted by atomic mass is 32.1. The van der Waals surface area contributed by atoms with E-state index in [0.29, 0.717) is 5.11 Å². The van der Waals surface area contributed by atoms with Crippen LogP contribution in [0.3, 0.4) is 0 Å². The fourth-order valence-corrected chi connectivity index (χ4v) is 0.501. The third-order valence-corrected chi connectivity index (χ3v) is 0.995. The second-order valence-electron chi connectivity index (χ2n) is 2.00. The molecule has 0 rings (SSSR count). The van der Waals surface area contributed by atoms with Crippen LogP contribution in [0.5, 0.6) is 0 Å². The first kappa shape index (κ1) is 8.43.